The molecule has 0 aliphatic rings. The van der Waals surface area contributed by atoms with E-state index in [1.165, 1.54) is 16.7 Å². The Morgan fingerprint density at radius 2 is 1.63 bits per heavy atom. The maximum atomic E-state index is 12.2. The normalized spacial score (nSPS) is 10.5. The number of hydrogen-bond donors (Lipinski definition) is 0. The summed E-state index contributed by atoms with van der Waals surface area (Å²) in [5.41, 5.74) is 4.37. The van der Waals surface area contributed by atoms with Crippen LogP contribution in [0.3, 0.4) is 0 Å². The van der Waals surface area contributed by atoms with E-state index in [9.17, 15) is 4.79 Å². The van der Waals surface area contributed by atoms with Crippen LogP contribution < -0.4 is 0 Å². The summed E-state index contributed by atoms with van der Waals surface area (Å²) >= 11 is 6.04. The molecule has 0 amide bonds. The first-order chi connectivity index (χ1) is 9.09. The summed E-state index contributed by atoms with van der Waals surface area (Å²) < 4.78 is 0. The predicted molar refractivity (Wildman–Crippen MR) is 80.0 cm³/mol. The first kappa shape index (κ1) is 13.8. The van der Waals surface area contributed by atoms with E-state index < -0.39 is 0 Å². The lowest BCUT2D eigenvalue weighted by Crippen LogP contribution is -2.04. The zero-order valence-corrected chi connectivity index (χ0v) is 12.0. The van der Waals surface area contributed by atoms with Crippen molar-refractivity contribution in [1.29, 1.82) is 0 Å². The number of halogens is 1. The lowest BCUT2D eigenvalue weighted by Gasteiger charge is -2.09. The van der Waals surface area contributed by atoms with Gasteiger partial charge in [-0.25, -0.2) is 0 Å². The number of rotatable bonds is 4. The summed E-state index contributed by atoms with van der Waals surface area (Å²) in [7, 11) is 0. The molecule has 0 saturated heterocycles. The van der Waals surface area contributed by atoms with Crippen molar-refractivity contribution in [2.24, 2.45) is 0 Å². The van der Waals surface area contributed by atoms with Crippen molar-refractivity contribution >= 4 is 17.4 Å². The molecule has 19 heavy (non-hydrogen) atoms. The molecule has 0 radical (unpaired) electrons. The van der Waals surface area contributed by atoms with Gasteiger partial charge < -0.3 is 0 Å². The van der Waals surface area contributed by atoms with Crippen molar-refractivity contribution in [3.8, 4) is 0 Å². The number of carbonyl (C=O) groups excluding carboxylic acids is 1. The Morgan fingerprint density at radius 1 is 1.00 bits per heavy atom. The third kappa shape index (κ3) is 3.24. The van der Waals surface area contributed by atoms with Crippen molar-refractivity contribution < 1.29 is 4.79 Å². The number of hydrogen-bond acceptors (Lipinski definition) is 1. The molecule has 0 aliphatic heterocycles. The molecule has 0 aromatic heterocycles. The lowest BCUT2D eigenvalue weighted by atomic mass is 9.96. The molecule has 2 aromatic rings. The third-order valence-corrected chi connectivity index (χ3v) is 3.75. The summed E-state index contributed by atoms with van der Waals surface area (Å²) in [6.07, 6.45) is 1.26. The fourth-order valence-corrected chi connectivity index (χ4v) is 2.54. The quantitative estimate of drug-likeness (QED) is 0.733. The van der Waals surface area contributed by atoms with Crippen LogP contribution in [0.25, 0.3) is 0 Å². The predicted octanol–water partition coefficient (Wildman–Crippen LogP) is 4.77. The van der Waals surface area contributed by atoms with E-state index in [2.05, 4.69) is 26.0 Å². The first-order valence-electron chi connectivity index (χ1n) is 6.42. The highest BCUT2D eigenvalue weighted by molar-refractivity contribution is 6.33. The molecule has 0 fully saturated rings. The molecule has 0 unspecified atom stereocenters. The van der Waals surface area contributed by atoms with Gasteiger partial charge in [-0.2, -0.15) is 0 Å². The Bertz CT molecular complexity index is 582. The summed E-state index contributed by atoms with van der Waals surface area (Å²) in [5.74, 6) is 0.105. The minimum absolute atomic E-state index is 0.105. The van der Waals surface area contributed by atoms with Crippen LogP contribution in [-0.2, 0) is 6.42 Å². The van der Waals surface area contributed by atoms with E-state index in [0.717, 1.165) is 6.42 Å². The summed E-state index contributed by atoms with van der Waals surface area (Å²) in [6, 6.07) is 13.4. The number of ketones is 1. The van der Waals surface area contributed by atoms with Crippen LogP contribution in [0.2, 0.25) is 5.02 Å². The highest BCUT2D eigenvalue weighted by Crippen LogP contribution is 2.20. The molecule has 0 bridgehead atoms. The minimum Gasteiger partial charge on any atom is -0.294 e. The zero-order chi connectivity index (χ0) is 13.8. The van der Waals surface area contributed by atoms with Crippen molar-refractivity contribution in [1.82, 2.24) is 0 Å². The lowest BCUT2D eigenvalue weighted by molar-refractivity contribution is 0.0983. The molecule has 0 spiro atoms. The molecular formula is C17H17ClO. The van der Waals surface area contributed by atoms with Gasteiger partial charge in [-0.3, -0.25) is 4.79 Å². The zero-order valence-electron chi connectivity index (χ0n) is 11.2. The Labute approximate surface area is 119 Å². The third-order valence-electron chi connectivity index (χ3n) is 3.42. The monoisotopic (exact) mass is 272 g/mol. The van der Waals surface area contributed by atoms with Crippen LogP contribution in [0.1, 0.15) is 33.5 Å². The maximum Gasteiger partial charge on any atom is 0.164 e. The molecular weight excluding hydrogens is 256 g/mol. The summed E-state index contributed by atoms with van der Waals surface area (Å²) in [4.78, 5) is 12.2. The van der Waals surface area contributed by atoms with Crippen LogP contribution in [0.5, 0.6) is 0 Å². The van der Waals surface area contributed by atoms with Crippen molar-refractivity contribution in [2.75, 3.05) is 0 Å². The Balaban J connectivity index is 2.11. The molecule has 0 aliphatic carbocycles. The van der Waals surface area contributed by atoms with Crippen LogP contribution in [0, 0.1) is 13.8 Å². The van der Waals surface area contributed by atoms with Gasteiger partial charge in [0, 0.05) is 12.0 Å². The van der Waals surface area contributed by atoms with E-state index in [1.807, 2.05) is 18.2 Å². The second-order valence-electron chi connectivity index (χ2n) is 4.77. The summed E-state index contributed by atoms with van der Waals surface area (Å²) in [5, 5.41) is 0.536. The number of aryl methyl sites for hydroxylation is 2. The van der Waals surface area contributed by atoms with Crippen molar-refractivity contribution in [3.63, 3.8) is 0 Å². The molecule has 0 heterocycles. The number of Topliss-reactive ketones (excluding diaryl/α,β-unsaturated/α-hetero) is 1. The molecule has 0 atom stereocenters. The fourth-order valence-electron chi connectivity index (χ4n) is 2.30. The van der Waals surface area contributed by atoms with Gasteiger partial charge in [0.1, 0.15) is 0 Å². The van der Waals surface area contributed by atoms with Gasteiger partial charge in [0.2, 0.25) is 0 Å². The topological polar surface area (TPSA) is 17.1 Å². The van der Waals surface area contributed by atoms with Crippen molar-refractivity contribution in [2.45, 2.75) is 26.7 Å². The van der Waals surface area contributed by atoms with Gasteiger partial charge in [-0.15, -0.1) is 0 Å². The summed E-state index contributed by atoms with van der Waals surface area (Å²) in [6.45, 7) is 4.17. The maximum absolute atomic E-state index is 12.2. The Kier molecular flexibility index (Phi) is 4.39. The van der Waals surface area contributed by atoms with Crippen LogP contribution in [0.4, 0.5) is 0 Å². The van der Waals surface area contributed by atoms with Gasteiger partial charge in [-0.1, -0.05) is 41.9 Å². The van der Waals surface area contributed by atoms with Crippen LogP contribution in [0.15, 0.2) is 42.5 Å². The molecule has 98 valence electrons. The highest BCUT2D eigenvalue weighted by atomic mass is 35.5. The van der Waals surface area contributed by atoms with Crippen molar-refractivity contribution in [3.05, 3.63) is 69.7 Å². The Hall–Kier alpha value is -1.60. The van der Waals surface area contributed by atoms with E-state index in [4.69, 9.17) is 11.6 Å². The smallest absolute Gasteiger partial charge is 0.164 e. The molecule has 2 heteroatoms. The Morgan fingerprint density at radius 3 is 2.26 bits per heavy atom. The van der Waals surface area contributed by atoms with Gasteiger partial charge in [0.05, 0.1) is 5.02 Å². The highest BCUT2D eigenvalue weighted by Gasteiger charge is 2.11. The fraction of sp³-hybridized carbons (Fsp3) is 0.235. The molecule has 2 aromatic carbocycles. The second-order valence-corrected chi connectivity index (χ2v) is 5.18. The van der Waals surface area contributed by atoms with E-state index >= 15 is 0 Å². The first-order valence-corrected chi connectivity index (χ1v) is 6.80. The average molecular weight is 273 g/mol. The standard InChI is InChI=1S/C17H17ClO/c1-12-6-5-7-13(2)14(12)10-11-17(19)15-8-3-4-9-16(15)18/h3-9H,10-11H2,1-2H3. The molecule has 0 N–H and O–H groups in total. The van der Waals surface area contributed by atoms with Crippen LogP contribution >= 0.6 is 11.6 Å². The largest absolute Gasteiger partial charge is 0.294 e. The number of carbonyl (C=O) groups is 1. The SMILES string of the molecule is Cc1cccc(C)c1CCC(=O)c1ccccc1Cl. The van der Waals surface area contributed by atoms with E-state index in [0.29, 0.717) is 17.0 Å². The minimum atomic E-state index is 0.105. The van der Waals surface area contributed by atoms with E-state index in [-0.39, 0.29) is 5.78 Å². The molecule has 2 rings (SSSR count). The van der Waals surface area contributed by atoms with Gasteiger partial charge >= 0.3 is 0 Å². The molecule has 0 saturated carbocycles. The van der Waals surface area contributed by atoms with E-state index in [1.54, 1.807) is 12.1 Å². The molecule has 1 nitrogen and oxygen atoms in total. The van der Waals surface area contributed by atoms with Gasteiger partial charge in [0.15, 0.2) is 5.78 Å². The second kappa shape index (κ2) is 6.03. The number of benzene rings is 2. The van der Waals surface area contributed by atoms with Crippen LogP contribution in [-0.4, -0.2) is 5.78 Å². The van der Waals surface area contributed by atoms with Gasteiger partial charge in [-0.05, 0) is 49.1 Å². The van der Waals surface area contributed by atoms with Gasteiger partial charge in [0.25, 0.3) is 0 Å². The average Bonchev–Trinajstić information content (AvgIpc) is 2.38.